The average molecular weight is 269 g/mol. The molecule has 0 saturated heterocycles. The predicted octanol–water partition coefficient (Wildman–Crippen LogP) is -1.24. The Labute approximate surface area is 103 Å². The summed E-state index contributed by atoms with van der Waals surface area (Å²) in [7, 11) is 1.09. The van der Waals surface area contributed by atoms with Gasteiger partial charge < -0.3 is 15.2 Å². The van der Waals surface area contributed by atoms with Crippen molar-refractivity contribution in [2.75, 3.05) is 47.5 Å². The molecule has 104 valence electrons. The highest BCUT2D eigenvalue weighted by molar-refractivity contribution is 7.87. The highest BCUT2D eigenvalue weighted by Crippen LogP contribution is 1.97. The molecule has 3 N–H and O–H groups in total. The van der Waals surface area contributed by atoms with E-state index in [4.69, 9.17) is 15.2 Å². The van der Waals surface area contributed by atoms with Gasteiger partial charge in [-0.05, 0) is 13.0 Å². The van der Waals surface area contributed by atoms with E-state index >= 15 is 0 Å². The van der Waals surface area contributed by atoms with Gasteiger partial charge in [-0.25, -0.2) is 0 Å². The molecule has 0 fully saturated rings. The van der Waals surface area contributed by atoms with Gasteiger partial charge in [0.1, 0.15) is 0 Å². The van der Waals surface area contributed by atoms with Gasteiger partial charge in [0.05, 0.1) is 12.7 Å². The normalized spacial score (nSPS) is 14.2. The first-order valence-electron chi connectivity index (χ1n) is 5.40. The van der Waals surface area contributed by atoms with Crippen LogP contribution in [0.1, 0.15) is 6.42 Å². The van der Waals surface area contributed by atoms with Crippen LogP contribution in [0.2, 0.25) is 0 Å². The van der Waals surface area contributed by atoms with Gasteiger partial charge >= 0.3 is 0 Å². The number of nitrogens with one attached hydrogen (secondary N) is 1. The first-order valence-corrected chi connectivity index (χ1v) is 6.84. The Balaban J connectivity index is 4.15. The van der Waals surface area contributed by atoms with E-state index in [9.17, 15) is 8.42 Å². The summed E-state index contributed by atoms with van der Waals surface area (Å²) in [5.74, 6) is 0. The molecule has 0 bridgehead atoms. The minimum atomic E-state index is -3.46. The molecule has 1 atom stereocenters. The lowest BCUT2D eigenvalue weighted by Gasteiger charge is -2.20. The van der Waals surface area contributed by atoms with Gasteiger partial charge in [-0.1, -0.05) is 0 Å². The van der Waals surface area contributed by atoms with Crippen LogP contribution in [0.3, 0.4) is 0 Å². The highest BCUT2D eigenvalue weighted by Gasteiger charge is 2.18. The summed E-state index contributed by atoms with van der Waals surface area (Å²) in [4.78, 5) is 0. The summed E-state index contributed by atoms with van der Waals surface area (Å²) in [5, 5.41) is 0. The standard InChI is InChI=1S/C9H23N3O4S/c1-12(6-4-5-10)17(13,14)11-7-9(16-3)8-15-2/h9,11H,4-8,10H2,1-3H3. The van der Waals surface area contributed by atoms with Gasteiger partial charge in [-0.15, -0.1) is 0 Å². The molecule has 0 radical (unpaired) electrons. The summed E-state index contributed by atoms with van der Waals surface area (Å²) < 4.78 is 37.1. The fraction of sp³-hybridized carbons (Fsp3) is 1.00. The molecule has 7 nitrogen and oxygen atoms in total. The molecule has 0 aliphatic heterocycles. The van der Waals surface area contributed by atoms with Gasteiger partial charge in [0.25, 0.3) is 10.2 Å². The molecule has 17 heavy (non-hydrogen) atoms. The molecule has 0 saturated carbocycles. The topological polar surface area (TPSA) is 93.9 Å². The Kier molecular flexibility index (Phi) is 8.66. The fourth-order valence-electron chi connectivity index (χ4n) is 1.14. The smallest absolute Gasteiger partial charge is 0.279 e. The quantitative estimate of drug-likeness (QED) is 0.517. The Morgan fingerprint density at radius 3 is 2.53 bits per heavy atom. The zero-order valence-electron chi connectivity index (χ0n) is 10.7. The molecule has 0 aromatic rings. The lowest BCUT2D eigenvalue weighted by atomic mass is 10.4. The minimum Gasteiger partial charge on any atom is -0.382 e. The lowest BCUT2D eigenvalue weighted by Crippen LogP contribution is -2.43. The minimum absolute atomic E-state index is 0.180. The summed E-state index contributed by atoms with van der Waals surface area (Å²) in [6, 6.07) is 0. The van der Waals surface area contributed by atoms with Crippen LogP contribution < -0.4 is 10.5 Å². The molecule has 0 aromatic heterocycles. The molecule has 0 rings (SSSR count). The van der Waals surface area contributed by atoms with Crippen molar-refractivity contribution in [1.29, 1.82) is 0 Å². The summed E-state index contributed by atoms with van der Waals surface area (Å²) in [6.45, 7) is 1.38. The molecular weight excluding hydrogens is 246 g/mol. The molecule has 0 aromatic carbocycles. The van der Waals surface area contributed by atoms with Crippen LogP contribution in [-0.2, 0) is 19.7 Å². The third-order valence-corrected chi connectivity index (χ3v) is 3.80. The van der Waals surface area contributed by atoms with Crippen LogP contribution in [0.25, 0.3) is 0 Å². The molecular formula is C9H23N3O4S. The van der Waals surface area contributed by atoms with Crippen molar-refractivity contribution in [3.05, 3.63) is 0 Å². The van der Waals surface area contributed by atoms with Crippen LogP contribution in [0, 0.1) is 0 Å². The van der Waals surface area contributed by atoms with E-state index in [-0.39, 0.29) is 12.6 Å². The molecule has 0 aliphatic rings. The van der Waals surface area contributed by atoms with E-state index in [0.717, 1.165) is 0 Å². The third-order valence-electron chi connectivity index (χ3n) is 2.27. The Morgan fingerprint density at radius 2 is 2.06 bits per heavy atom. The van der Waals surface area contributed by atoms with Crippen molar-refractivity contribution in [3.63, 3.8) is 0 Å². The Hall–Kier alpha value is -0.250. The van der Waals surface area contributed by atoms with Crippen molar-refractivity contribution in [2.45, 2.75) is 12.5 Å². The van der Waals surface area contributed by atoms with Crippen LogP contribution in [0.5, 0.6) is 0 Å². The zero-order chi connectivity index (χ0) is 13.3. The van der Waals surface area contributed by atoms with Gasteiger partial charge in [0.2, 0.25) is 0 Å². The lowest BCUT2D eigenvalue weighted by molar-refractivity contribution is 0.0318. The summed E-state index contributed by atoms with van der Waals surface area (Å²) in [5.41, 5.74) is 5.32. The molecule has 0 aliphatic carbocycles. The molecule has 0 spiro atoms. The largest absolute Gasteiger partial charge is 0.382 e. The van der Waals surface area contributed by atoms with Crippen LogP contribution in [-0.4, -0.2) is 66.3 Å². The number of methoxy groups -OCH3 is 2. The van der Waals surface area contributed by atoms with Crippen LogP contribution in [0.4, 0.5) is 0 Å². The van der Waals surface area contributed by atoms with Gasteiger partial charge in [0.15, 0.2) is 0 Å². The second-order valence-corrected chi connectivity index (χ2v) is 5.49. The SMILES string of the molecule is COCC(CNS(=O)(=O)N(C)CCCN)OC. The highest BCUT2D eigenvalue weighted by atomic mass is 32.2. The van der Waals surface area contributed by atoms with E-state index in [1.807, 2.05) is 0 Å². The maximum absolute atomic E-state index is 11.7. The van der Waals surface area contributed by atoms with E-state index in [0.29, 0.717) is 26.1 Å². The second kappa shape index (κ2) is 8.78. The summed E-state index contributed by atoms with van der Waals surface area (Å²) in [6.07, 6.45) is 0.334. The third kappa shape index (κ3) is 6.92. The van der Waals surface area contributed by atoms with E-state index in [1.165, 1.54) is 25.6 Å². The number of hydrogen-bond acceptors (Lipinski definition) is 5. The molecule has 0 amide bonds. The first kappa shape index (κ1) is 16.8. The van der Waals surface area contributed by atoms with E-state index in [2.05, 4.69) is 4.72 Å². The van der Waals surface area contributed by atoms with Crippen LogP contribution >= 0.6 is 0 Å². The van der Waals surface area contributed by atoms with E-state index in [1.54, 1.807) is 0 Å². The van der Waals surface area contributed by atoms with Crippen molar-refractivity contribution < 1.29 is 17.9 Å². The second-order valence-electron chi connectivity index (χ2n) is 3.63. The number of rotatable bonds is 10. The number of hydrogen-bond donors (Lipinski definition) is 2. The van der Waals surface area contributed by atoms with Crippen molar-refractivity contribution in [3.8, 4) is 0 Å². The zero-order valence-corrected chi connectivity index (χ0v) is 11.5. The summed E-state index contributed by atoms with van der Waals surface area (Å²) >= 11 is 0. The van der Waals surface area contributed by atoms with Gasteiger partial charge in [0, 0.05) is 34.4 Å². The fourth-order valence-corrected chi connectivity index (χ4v) is 2.13. The molecule has 1 unspecified atom stereocenters. The van der Waals surface area contributed by atoms with Crippen LogP contribution in [0.15, 0.2) is 0 Å². The van der Waals surface area contributed by atoms with E-state index < -0.39 is 10.2 Å². The van der Waals surface area contributed by atoms with Crippen molar-refractivity contribution in [2.24, 2.45) is 5.73 Å². The molecule has 8 heteroatoms. The number of nitrogens with two attached hydrogens (primary N) is 1. The van der Waals surface area contributed by atoms with Crippen molar-refractivity contribution in [1.82, 2.24) is 9.03 Å². The van der Waals surface area contributed by atoms with Gasteiger partial charge in [-0.2, -0.15) is 17.4 Å². The Bertz CT molecular complexity index is 284. The number of nitrogens with zero attached hydrogens (tertiary/aromatic N) is 1. The maximum Gasteiger partial charge on any atom is 0.279 e. The maximum atomic E-state index is 11.7. The average Bonchev–Trinajstić information content (AvgIpc) is 2.31. The Morgan fingerprint density at radius 1 is 1.41 bits per heavy atom. The first-order chi connectivity index (χ1) is 7.97. The predicted molar refractivity (Wildman–Crippen MR) is 65.9 cm³/mol. The van der Waals surface area contributed by atoms with Crippen molar-refractivity contribution >= 4 is 10.2 Å². The van der Waals surface area contributed by atoms with Gasteiger partial charge in [-0.3, -0.25) is 0 Å². The monoisotopic (exact) mass is 269 g/mol. The number of ether oxygens (including phenoxy) is 2. The molecule has 0 heterocycles.